The standard InChI is InChI=1S/C13H30N3.C2H5.CH3.Nb/c1-6-14(5)10-11-16(9-4)13-12-15(7-2)8-3;1-2;;/h2,6-13H2,1,3-5H3;1H2,2H3;1H3;/q3*-1;+3. The zero-order chi connectivity index (χ0) is 14.4. The molecule has 0 atom stereocenters. The molecule has 0 aromatic carbocycles. The van der Waals surface area contributed by atoms with Crippen LogP contribution in [0.3, 0.4) is 0 Å². The molecule has 0 rings (SSSR count). The largest absolute Gasteiger partial charge is 3.00 e. The topological polar surface area (TPSA) is 9.72 Å². The first-order valence-corrected chi connectivity index (χ1v) is 7.31. The number of likely N-dealkylation sites (N-methyl/N-ethyl adjacent to an activating group) is 3. The van der Waals surface area contributed by atoms with Crippen molar-refractivity contribution in [2.45, 2.75) is 27.7 Å². The van der Waals surface area contributed by atoms with Crippen molar-refractivity contribution in [3.63, 3.8) is 0 Å². The summed E-state index contributed by atoms with van der Waals surface area (Å²) in [6.07, 6.45) is 0. The van der Waals surface area contributed by atoms with Gasteiger partial charge < -0.3 is 36.0 Å². The predicted octanol–water partition coefficient (Wildman–Crippen LogP) is 2.70. The molecule has 0 aliphatic rings. The van der Waals surface area contributed by atoms with Crippen molar-refractivity contribution in [2.24, 2.45) is 0 Å². The Morgan fingerprint density at radius 3 is 1.50 bits per heavy atom. The molecule has 20 heavy (non-hydrogen) atoms. The normalized spacial score (nSPS) is 9.90. The first-order chi connectivity index (χ1) is 8.67. The molecular formula is C16H38N3Nb. The fourth-order valence-electron chi connectivity index (χ4n) is 1.61. The minimum atomic E-state index is 0. The van der Waals surface area contributed by atoms with Crippen molar-refractivity contribution >= 4 is 0 Å². The summed E-state index contributed by atoms with van der Waals surface area (Å²) in [5, 5.41) is 0. The van der Waals surface area contributed by atoms with E-state index in [4.69, 9.17) is 0 Å². The number of rotatable bonds is 10. The molecule has 0 aromatic rings. The second-order valence-corrected chi connectivity index (χ2v) is 4.26. The third-order valence-corrected chi connectivity index (χ3v) is 3.28. The van der Waals surface area contributed by atoms with Crippen LogP contribution in [0, 0.1) is 21.3 Å². The van der Waals surface area contributed by atoms with E-state index in [1.165, 1.54) is 13.1 Å². The predicted molar refractivity (Wildman–Crippen MR) is 90.2 cm³/mol. The summed E-state index contributed by atoms with van der Waals surface area (Å²) in [7, 11) is 2.18. The maximum absolute atomic E-state index is 3.95. The summed E-state index contributed by atoms with van der Waals surface area (Å²) in [4.78, 5) is 7.26. The average molecular weight is 365 g/mol. The fourth-order valence-corrected chi connectivity index (χ4v) is 1.61. The van der Waals surface area contributed by atoms with Gasteiger partial charge >= 0.3 is 22.4 Å². The SMILES string of the molecule is [CH2-]C.[CH2-]CN(CC)CCN(CC)CCN(C)CC.[CH3-].[Nb+3]. The molecule has 0 saturated heterocycles. The van der Waals surface area contributed by atoms with E-state index in [0.717, 1.165) is 39.3 Å². The van der Waals surface area contributed by atoms with Crippen molar-refractivity contribution in [1.29, 1.82) is 0 Å². The Bertz CT molecular complexity index is 153. The first kappa shape index (κ1) is 28.7. The van der Waals surface area contributed by atoms with E-state index in [1.807, 2.05) is 0 Å². The van der Waals surface area contributed by atoms with Gasteiger partial charge in [0.25, 0.3) is 0 Å². The van der Waals surface area contributed by atoms with Crippen LogP contribution in [-0.2, 0) is 22.4 Å². The zero-order valence-corrected chi connectivity index (χ0v) is 17.1. The maximum Gasteiger partial charge on any atom is 3.00 e. The Balaban J connectivity index is -0.000000304. The molecule has 0 heterocycles. The van der Waals surface area contributed by atoms with Crippen LogP contribution in [0.15, 0.2) is 0 Å². The van der Waals surface area contributed by atoms with Crippen molar-refractivity contribution in [1.82, 2.24) is 14.7 Å². The molecule has 0 fully saturated rings. The van der Waals surface area contributed by atoms with E-state index in [1.54, 1.807) is 6.92 Å². The molecule has 0 aliphatic carbocycles. The molecule has 0 amide bonds. The number of hydrogen-bond donors (Lipinski definition) is 0. The van der Waals surface area contributed by atoms with E-state index in [9.17, 15) is 0 Å². The van der Waals surface area contributed by atoms with Gasteiger partial charge in [-0.1, -0.05) is 20.8 Å². The first-order valence-electron chi connectivity index (χ1n) is 7.31. The third-order valence-electron chi connectivity index (χ3n) is 3.28. The van der Waals surface area contributed by atoms with Gasteiger partial charge in [-0.15, -0.1) is 6.54 Å². The monoisotopic (exact) mass is 365 g/mol. The molecule has 122 valence electrons. The van der Waals surface area contributed by atoms with Gasteiger partial charge in [0.1, 0.15) is 0 Å². The second-order valence-electron chi connectivity index (χ2n) is 4.26. The Morgan fingerprint density at radius 2 is 1.15 bits per heavy atom. The summed E-state index contributed by atoms with van der Waals surface area (Å²) >= 11 is 0. The minimum Gasteiger partial charge on any atom is -0.358 e. The summed E-state index contributed by atoms with van der Waals surface area (Å²) in [6.45, 7) is 24.6. The zero-order valence-electron chi connectivity index (χ0n) is 14.9. The van der Waals surface area contributed by atoms with Crippen LogP contribution >= 0.6 is 0 Å². The van der Waals surface area contributed by atoms with Gasteiger partial charge in [0.2, 0.25) is 0 Å². The van der Waals surface area contributed by atoms with Crippen LogP contribution in [0.4, 0.5) is 0 Å². The molecular weight excluding hydrogens is 327 g/mol. The van der Waals surface area contributed by atoms with Gasteiger partial charge in [0.05, 0.1) is 0 Å². The molecule has 0 saturated carbocycles. The third kappa shape index (κ3) is 16.7. The van der Waals surface area contributed by atoms with Gasteiger partial charge in [0.15, 0.2) is 0 Å². The quantitative estimate of drug-likeness (QED) is 0.435. The molecule has 0 N–H and O–H groups in total. The van der Waals surface area contributed by atoms with Crippen molar-refractivity contribution in [3.8, 4) is 0 Å². The van der Waals surface area contributed by atoms with Crippen LogP contribution < -0.4 is 0 Å². The smallest absolute Gasteiger partial charge is 0.358 e. The molecule has 4 heteroatoms. The minimum absolute atomic E-state index is 0. The molecule has 0 spiro atoms. The van der Waals surface area contributed by atoms with Gasteiger partial charge in [-0.3, -0.25) is 0 Å². The van der Waals surface area contributed by atoms with Crippen LogP contribution in [0.5, 0.6) is 0 Å². The Kier molecular flexibility index (Phi) is 31.5. The van der Waals surface area contributed by atoms with Crippen LogP contribution in [0.1, 0.15) is 27.7 Å². The summed E-state index contributed by atoms with van der Waals surface area (Å²) < 4.78 is 0. The molecule has 0 radical (unpaired) electrons. The second kappa shape index (κ2) is 21.9. The van der Waals surface area contributed by atoms with E-state index in [2.05, 4.69) is 56.4 Å². The van der Waals surface area contributed by atoms with Crippen molar-refractivity contribution in [3.05, 3.63) is 21.3 Å². The summed E-state index contributed by atoms with van der Waals surface area (Å²) in [5.41, 5.74) is 0. The average Bonchev–Trinajstić information content (AvgIpc) is 2.44. The van der Waals surface area contributed by atoms with Gasteiger partial charge in [-0.25, -0.2) is 0 Å². The van der Waals surface area contributed by atoms with E-state index < -0.39 is 0 Å². The van der Waals surface area contributed by atoms with E-state index in [-0.39, 0.29) is 29.8 Å². The van der Waals surface area contributed by atoms with Gasteiger partial charge in [-0.2, -0.15) is 6.92 Å². The van der Waals surface area contributed by atoms with Crippen LogP contribution in [-0.4, -0.2) is 74.1 Å². The van der Waals surface area contributed by atoms with Crippen molar-refractivity contribution in [2.75, 3.05) is 59.4 Å². The number of nitrogens with zero attached hydrogens (tertiary/aromatic N) is 3. The summed E-state index contributed by atoms with van der Waals surface area (Å²) in [6, 6.07) is 0. The maximum atomic E-state index is 3.95. The Labute approximate surface area is 145 Å². The fraction of sp³-hybridized carbons (Fsp3) is 0.812. The Hall–Kier alpha value is 0.620. The summed E-state index contributed by atoms with van der Waals surface area (Å²) in [5.74, 6) is 0. The van der Waals surface area contributed by atoms with Crippen LogP contribution in [0.25, 0.3) is 0 Å². The number of hydrogen-bond acceptors (Lipinski definition) is 3. The molecule has 3 nitrogen and oxygen atoms in total. The molecule has 0 aromatic heterocycles. The van der Waals surface area contributed by atoms with Gasteiger partial charge in [0, 0.05) is 26.2 Å². The molecule has 0 aliphatic heterocycles. The molecule has 0 bridgehead atoms. The van der Waals surface area contributed by atoms with Crippen molar-refractivity contribution < 1.29 is 22.4 Å². The molecule has 0 unspecified atom stereocenters. The Morgan fingerprint density at radius 1 is 0.750 bits per heavy atom. The van der Waals surface area contributed by atoms with E-state index in [0.29, 0.717) is 0 Å². The van der Waals surface area contributed by atoms with Crippen LogP contribution in [0.2, 0.25) is 0 Å². The van der Waals surface area contributed by atoms with E-state index >= 15 is 0 Å². The van der Waals surface area contributed by atoms with Gasteiger partial charge in [-0.05, 0) is 26.7 Å².